The number of carbonyl (C=O) groups excluding carboxylic acids is 3. The van der Waals surface area contributed by atoms with E-state index in [9.17, 15) is 14.4 Å². The average Bonchev–Trinajstić information content (AvgIpc) is 2.64. The van der Waals surface area contributed by atoms with Gasteiger partial charge in [-0.25, -0.2) is 4.79 Å². The third-order valence-corrected chi connectivity index (χ3v) is 6.89. The van der Waals surface area contributed by atoms with E-state index < -0.39 is 23.5 Å². The molecule has 4 aliphatic rings. The van der Waals surface area contributed by atoms with Crippen molar-refractivity contribution in [3.63, 3.8) is 0 Å². The predicted octanol–water partition coefficient (Wildman–Crippen LogP) is 3.30. The number of rotatable bonds is 4. The lowest BCUT2D eigenvalue weighted by molar-refractivity contribution is -0.178. The minimum Gasteiger partial charge on any atom is -0.447 e. The Kier molecular flexibility index (Phi) is 4.86. The second-order valence-corrected chi connectivity index (χ2v) is 9.46. The molecule has 5 atom stereocenters. The van der Waals surface area contributed by atoms with Crippen molar-refractivity contribution in [2.24, 2.45) is 17.3 Å². The molecule has 4 bridgehead atoms. The second-order valence-electron chi connectivity index (χ2n) is 8.66. The van der Waals surface area contributed by atoms with Crippen LogP contribution < -0.4 is 10.6 Å². The van der Waals surface area contributed by atoms with Crippen molar-refractivity contribution in [3.05, 3.63) is 35.9 Å². The standard InChI is InChI=1S/C21H25ClN2O4/c1-23-19(27)24-17(25)16(15-5-3-2-4-6-15)28-18(26)20-8-13-7-14(9-20)11-21(22,10-13)12-20/h2-6,13-14,16H,7-12H2,1H3,(H2,23,24,25,27)/t13-,14+,16-,20?,21?/m0/s1. The number of esters is 1. The third-order valence-electron chi connectivity index (χ3n) is 6.45. The molecule has 1 aromatic rings. The van der Waals surface area contributed by atoms with Gasteiger partial charge in [-0.2, -0.15) is 0 Å². The lowest BCUT2D eigenvalue weighted by atomic mass is 9.49. The zero-order valence-corrected chi connectivity index (χ0v) is 16.6. The molecule has 1 aromatic carbocycles. The molecule has 0 spiro atoms. The van der Waals surface area contributed by atoms with Gasteiger partial charge in [0.25, 0.3) is 5.91 Å². The Balaban J connectivity index is 1.57. The fourth-order valence-electron chi connectivity index (χ4n) is 5.76. The molecule has 0 aliphatic heterocycles. The summed E-state index contributed by atoms with van der Waals surface area (Å²) in [5.41, 5.74) is -0.0887. The van der Waals surface area contributed by atoms with Crippen LogP contribution in [0.1, 0.15) is 50.2 Å². The number of halogens is 1. The molecule has 4 aliphatic carbocycles. The van der Waals surface area contributed by atoms with Crippen LogP contribution >= 0.6 is 11.6 Å². The maximum atomic E-state index is 13.3. The molecule has 6 nitrogen and oxygen atoms in total. The van der Waals surface area contributed by atoms with E-state index in [-0.39, 0.29) is 10.8 Å². The van der Waals surface area contributed by atoms with E-state index in [0.717, 1.165) is 32.1 Å². The van der Waals surface area contributed by atoms with Crippen LogP contribution in [0.3, 0.4) is 0 Å². The van der Waals surface area contributed by atoms with Crippen LogP contribution in [0, 0.1) is 17.3 Å². The molecule has 0 saturated heterocycles. The Labute approximate surface area is 169 Å². The van der Waals surface area contributed by atoms with E-state index in [1.165, 1.54) is 7.05 Å². The van der Waals surface area contributed by atoms with Crippen molar-refractivity contribution >= 4 is 29.5 Å². The monoisotopic (exact) mass is 404 g/mol. The van der Waals surface area contributed by atoms with Gasteiger partial charge in [0, 0.05) is 17.5 Å². The van der Waals surface area contributed by atoms with Crippen molar-refractivity contribution in [1.29, 1.82) is 0 Å². The highest BCUT2D eigenvalue weighted by Gasteiger charge is 2.61. The molecule has 2 unspecified atom stereocenters. The van der Waals surface area contributed by atoms with Crippen molar-refractivity contribution in [1.82, 2.24) is 10.6 Å². The fraction of sp³-hybridized carbons (Fsp3) is 0.571. The molecule has 4 fully saturated rings. The minimum absolute atomic E-state index is 0.324. The van der Waals surface area contributed by atoms with Gasteiger partial charge in [-0.1, -0.05) is 30.3 Å². The molecule has 4 saturated carbocycles. The van der Waals surface area contributed by atoms with E-state index in [0.29, 0.717) is 23.8 Å². The molecular formula is C21H25ClN2O4. The van der Waals surface area contributed by atoms with Gasteiger partial charge in [0.2, 0.25) is 6.10 Å². The summed E-state index contributed by atoms with van der Waals surface area (Å²) in [6, 6.07) is 8.13. The summed E-state index contributed by atoms with van der Waals surface area (Å²) in [7, 11) is 1.42. The molecule has 3 amide bonds. The fourth-order valence-corrected chi connectivity index (χ4v) is 6.45. The van der Waals surface area contributed by atoms with Gasteiger partial charge in [-0.3, -0.25) is 14.9 Å². The number of urea groups is 1. The van der Waals surface area contributed by atoms with Gasteiger partial charge in [0.15, 0.2) is 0 Å². The van der Waals surface area contributed by atoms with Crippen molar-refractivity contribution in [3.8, 4) is 0 Å². The first kappa shape index (κ1) is 19.2. The van der Waals surface area contributed by atoms with Crippen LogP contribution in [0.4, 0.5) is 4.79 Å². The topological polar surface area (TPSA) is 84.5 Å². The molecule has 7 heteroatoms. The van der Waals surface area contributed by atoms with Crippen LogP contribution in [0.15, 0.2) is 30.3 Å². The smallest absolute Gasteiger partial charge is 0.321 e. The molecule has 0 aromatic heterocycles. The van der Waals surface area contributed by atoms with E-state index in [4.69, 9.17) is 16.3 Å². The van der Waals surface area contributed by atoms with E-state index >= 15 is 0 Å². The van der Waals surface area contributed by atoms with E-state index in [1.807, 2.05) is 6.07 Å². The quantitative estimate of drug-likeness (QED) is 0.595. The SMILES string of the molecule is CNC(=O)NC(=O)[C@@H](OC(=O)C12C[C@@H]3C[C@@H](CC(Cl)(C3)C1)C2)c1ccccc1. The third kappa shape index (κ3) is 3.50. The Morgan fingerprint density at radius 1 is 1.11 bits per heavy atom. The van der Waals surface area contributed by atoms with E-state index in [2.05, 4.69) is 10.6 Å². The molecule has 2 N–H and O–H groups in total. The highest BCUT2D eigenvalue weighted by atomic mass is 35.5. The maximum Gasteiger partial charge on any atom is 0.321 e. The Morgan fingerprint density at radius 3 is 2.32 bits per heavy atom. The molecule has 5 rings (SSSR count). The predicted molar refractivity (Wildman–Crippen MR) is 104 cm³/mol. The number of alkyl halides is 1. The summed E-state index contributed by atoms with van der Waals surface area (Å²) in [6.07, 6.45) is 4.02. The highest BCUT2D eigenvalue weighted by molar-refractivity contribution is 6.24. The normalized spacial score (nSPS) is 33.8. The number of nitrogens with one attached hydrogen (secondary N) is 2. The molecule has 150 valence electrons. The molecule has 0 radical (unpaired) electrons. The van der Waals surface area contributed by atoms with Gasteiger partial charge >= 0.3 is 12.0 Å². The van der Waals surface area contributed by atoms with Crippen molar-refractivity contribution < 1.29 is 19.1 Å². The van der Waals surface area contributed by atoms with Crippen LogP contribution in [0.5, 0.6) is 0 Å². The number of ether oxygens (including phenoxy) is 1. The first-order valence-corrected chi connectivity index (χ1v) is 10.2. The minimum atomic E-state index is -1.18. The van der Waals surface area contributed by atoms with Crippen LogP contribution in [0.25, 0.3) is 0 Å². The Morgan fingerprint density at radius 2 is 1.75 bits per heavy atom. The van der Waals surface area contributed by atoms with Crippen LogP contribution in [-0.2, 0) is 14.3 Å². The maximum absolute atomic E-state index is 13.3. The summed E-state index contributed by atoms with van der Waals surface area (Å²) in [6.45, 7) is 0. The Hall–Kier alpha value is -2.08. The summed E-state index contributed by atoms with van der Waals surface area (Å²) in [5, 5.41) is 4.56. The average molecular weight is 405 g/mol. The van der Waals surface area contributed by atoms with Gasteiger partial charge in [-0.05, 0) is 50.4 Å². The highest BCUT2D eigenvalue weighted by Crippen LogP contribution is 2.64. The second kappa shape index (κ2) is 7.07. The molecule has 0 heterocycles. The van der Waals surface area contributed by atoms with Gasteiger partial charge in [0.05, 0.1) is 5.41 Å². The van der Waals surface area contributed by atoms with Crippen molar-refractivity contribution in [2.75, 3.05) is 7.05 Å². The van der Waals surface area contributed by atoms with E-state index in [1.54, 1.807) is 24.3 Å². The van der Waals surface area contributed by atoms with Crippen LogP contribution in [-0.4, -0.2) is 29.8 Å². The first-order chi connectivity index (χ1) is 13.3. The summed E-state index contributed by atoms with van der Waals surface area (Å²) < 4.78 is 5.78. The van der Waals surface area contributed by atoms with Gasteiger partial charge in [0.1, 0.15) is 0 Å². The van der Waals surface area contributed by atoms with Crippen LogP contribution in [0.2, 0.25) is 0 Å². The number of hydrogen-bond acceptors (Lipinski definition) is 4. The summed E-state index contributed by atoms with van der Waals surface area (Å²) in [4.78, 5) is 37.3. The zero-order chi connectivity index (χ0) is 19.9. The first-order valence-electron chi connectivity index (χ1n) is 9.80. The number of imide groups is 1. The summed E-state index contributed by atoms with van der Waals surface area (Å²) >= 11 is 6.83. The number of amides is 3. The number of benzene rings is 1. The zero-order valence-electron chi connectivity index (χ0n) is 15.9. The lowest BCUT2D eigenvalue weighted by Gasteiger charge is -2.58. The van der Waals surface area contributed by atoms with Crippen molar-refractivity contribution in [2.45, 2.75) is 49.5 Å². The largest absolute Gasteiger partial charge is 0.447 e. The van der Waals surface area contributed by atoms with Gasteiger partial charge < -0.3 is 10.1 Å². The number of hydrogen-bond donors (Lipinski definition) is 2. The lowest BCUT2D eigenvalue weighted by Crippen LogP contribution is -2.56. The van der Waals surface area contributed by atoms with Gasteiger partial charge in [-0.15, -0.1) is 11.6 Å². The molecule has 28 heavy (non-hydrogen) atoms. The Bertz CT molecular complexity index is 783. The molecular weight excluding hydrogens is 380 g/mol. The number of carbonyl (C=O) groups is 3. The summed E-state index contributed by atoms with van der Waals surface area (Å²) in [5.74, 6) is -0.140.